The molecule has 0 radical (unpaired) electrons. The van der Waals surface area contributed by atoms with Crippen LogP contribution in [0.3, 0.4) is 0 Å². The van der Waals surface area contributed by atoms with Gasteiger partial charge in [0.15, 0.2) is 0 Å². The molecule has 1 rings (SSSR count). The van der Waals surface area contributed by atoms with Crippen LogP contribution in [0.5, 0.6) is 0 Å². The van der Waals surface area contributed by atoms with Gasteiger partial charge in [-0.1, -0.05) is 13.8 Å². The molecule has 4 nitrogen and oxygen atoms in total. The molecular weight excluding hydrogens is 250 g/mol. The lowest BCUT2D eigenvalue weighted by molar-refractivity contribution is -0.123. The van der Waals surface area contributed by atoms with Crippen LogP contribution >= 0.6 is 11.6 Å². The Balaban J connectivity index is 2.71. The Kier molecular flexibility index (Phi) is 4.62. The molecule has 0 aromatic carbocycles. The quantitative estimate of drug-likeness (QED) is 0.709. The molecule has 0 N–H and O–H groups in total. The van der Waals surface area contributed by atoms with E-state index in [0.29, 0.717) is 31.2 Å². The molecule has 0 saturated carbocycles. The van der Waals surface area contributed by atoms with Crippen LogP contribution in [-0.4, -0.2) is 36.8 Å². The van der Waals surface area contributed by atoms with Crippen molar-refractivity contribution in [3.63, 3.8) is 0 Å². The summed E-state index contributed by atoms with van der Waals surface area (Å²) < 4.78 is 24.7. The fourth-order valence-electron chi connectivity index (χ4n) is 1.77. The second-order valence-electron chi connectivity index (χ2n) is 4.49. The van der Waals surface area contributed by atoms with Crippen molar-refractivity contribution in [3.8, 4) is 0 Å². The molecule has 1 fully saturated rings. The number of hydrogen-bond acceptors (Lipinski definition) is 3. The minimum atomic E-state index is -3.44. The van der Waals surface area contributed by atoms with E-state index in [-0.39, 0.29) is 17.6 Å². The lowest BCUT2D eigenvalue weighted by atomic mass is 9.95. The standard InChI is InChI=1S/C10H18ClNO3S/c1-8(2)9-6-10(13)12(7-9)16(14,15)5-3-4-11/h8-9H,3-7H2,1-2H3. The molecule has 16 heavy (non-hydrogen) atoms. The Hall–Kier alpha value is -0.290. The number of rotatable bonds is 5. The molecule has 0 aromatic rings. The molecule has 1 heterocycles. The average molecular weight is 268 g/mol. The van der Waals surface area contributed by atoms with Crippen molar-refractivity contribution in [2.24, 2.45) is 11.8 Å². The van der Waals surface area contributed by atoms with E-state index in [2.05, 4.69) is 0 Å². The lowest BCUT2D eigenvalue weighted by Gasteiger charge is -2.17. The van der Waals surface area contributed by atoms with Crippen molar-refractivity contribution in [2.45, 2.75) is 26.7 Å². The highest BCUT2D eigenvalue weighted by atomic mass is 35.5. The predicted molar refractivity (Wildman–Crippen MR) is 63.8 cm³/mol. The highest BCUT2D eigenvalue weighted by Gasteiger charge is 2.37. The van der Waals surface area contributed by atoms with Gasteiger partial charge in [0, 0.05) is 18.8 Å². The number of hydrogen-bond donors (Lipinski definition) is 0. The number of halogens is 1. The highest BCUT2D eigenvalue weighted by molar-refractivity contribution is 7.89. The summed E-state index contributed by atoms with van der Waals surface area (Å²) in [6.07, 6.45) is 0.734. The van der Waals surface area contributed by atoms with Gasteiger partial charge in [-0.2, -0.15) is 0 Å². The Morgan fingerprint density at radius 3 is 2.56 bits per heavy atom. The van der Waals surface area contributed by atoms with Crippen LogP contribution in [0.1, 0.15) is 26.7 Å². The molecule has 1 aliphatic heterocycles. The third-order valence-electron chi connectivity index (χ3n) is 2.93. The maximum atomic E-state index is 11.8. The van der Waals surface area contributed by atoms with Crippen molar-refractivity contribution >= 4 is 27.5 Å². The van der Waals surface area contributed by atoms with Gasteiger partial charge >= 0.3 is 0 Å². The zero-order valence-corrected chi connectivity index (χ0v) is 11.2. The molecule has 1 aliphatic rings. The van der Waals surface area contributed by atoms with E-state index in [4.69, 9.17) is 11.6 Å². The molecule has 0 spiro atoms. The van der Waals surface area contributed by atoms with Gasteiger partial charge in [-0.15, -0.1) is 11.6 Å². The number of alkyl halides is 1. The summed E-state index contributed by atoms with van der Waals surface area (Å²) in [5.74, 6) is 0.478. The summed E-state index contributed by atoms with van der Waals surface area (Å²) in [6, 6.07) is 0. The van der Waals surface area contributed by atoms with Crippen LogP contribution in [0.4, 0.5) is 0 Å². The Labute approximate surface area is 102 Å². The smallest absolute Gasteiger partial charge is 0.237 e. The van der Waals surface area contributed by atoms with Crippen LogP contribution in [0.15, 0.2) is 0 Å². The normalized spacial score (nSPS) is 22.1. The summed E-state index contributed by atoms with van der Waals surface area (Å²) in [5, 5.41) is 0. The van der Waals surface area contributed by atoms with E-state index < -0.39 is 10.0 Å². The van der Waals surface area contributed by atoms with Gasteiger partial charge in [-0.3, -0.25) is 4.79 Å². The number of nitrogens with zero attached hydrogens (tertiary/aromatic N) is 1. The molecule has 1 saturated heterocycles. The van der Waals surface area contributed by atoms with E-state index in [9.17, 15) is 13.2 Å². The summed E-state index contributed by atoms with van der Waals surface area (Å²) in [6.45, 7) is 4.35. The highest BCUT2D eigenvalue weighted by Crippen LogP contribution is 2.27. The zero-order chi connectivity index (χ0) is 12.3. The average Bonchev–Trinajstić information content (AvgIpc) is 2.58. The fraction of sp³-hybridized carbons (Fsp3) is 0.900. The minimum Gasteiger partial charge on any atom is -0.274 e. The van der Waals surface area contributed by atoms with Crippen molar-refractivity contribution in [1.29, 1.82) is 0 Å². The van der Waals surface area contributed by atoms with Crippen molar-refractivity contribution < 1.29 is 13.2 Å². The van der Waals surface area contributed by atoms with Crippen LogP contribution < -0.4 is 0 Å². The first-order valence-electron chi connectivity index (χ1n) is 5.47. The molecule has 6 heteroatoms. The van der Waals surface area contributed by atoms with E-state index in [1.165, 1.54) is 0 Å². The molecule has 94 valence electrons. The van der Waals surface area contributed by atoms with Crippen molar-refractivity contribution in [3.05, 3.63) is 0 Å². The Morgan fingerprint density at radius 1 is 1.50 bits per heavy atom. The van der Waals surface area contributed by atoms with Crippen LogP contribution in [-0.2, 0) is 14.8 Å². The number of carbonyl (C=O) groups excluding carboxylic acids is 1. The van der Waals surface area contributed by atoms with E-state index in [0.717, 1.165) is 4.31 Å². The van der Waals surface area contributed by atoms with Gasteiger partial charge in [-0.05, 0) is 18.3 Å². The van der Waals surface area contributed by atoms with Crippen molar-refractivity contribution in [2.75, 3.05) is 18.2 Å². The summed E-state index contributed by atoms with van der Waals surface area (Å²) >= 11 is 5.46. The third kappa shape index (κ3) is 3.10. The summed E-state index contributed by atoms with van der Waals surface area (Å²) in [7, 11) is -3.44. The molecular formula is C10H18ClNO3S. The predicted octanol–water partition coefficient (Wildman–Crippen LogP) is 1.45. The largest absolute Gasteiger partial charge is 0.274 e. The van der Waals surface area contributed by atoms with Gasteiger partial charge < -0.3 is 0 Å². The van der Waals surface area contributed by atoms with Crippen LogP contribution in [0.25, 0.3) is 0 Å². The fourth-order valence-corrected chi connectivity index (χ4v) is 3.59. The molecule has 0 aliphatic carbocycles. The van der Waals surface area contributed by atoms with Gasteiger partial charge in [0.25, 0.3) is 0 Å². The summed E-state index contributed by atoms with van der Waals surface area (Å²) in [4.78, 5) is 11.6. The molecule has 0 aromatic heterocycles. The zero-order valence-electron chi connectivity index (χ0n) is 9.65. The first-order chi connectivity index (χ1) is 7.38. The SMILES string of the molecule is CC(C)C1CC(=O)N(S(=O)(=O)CCCCl)C1. The second-order valence-corrected chi connectivity index (χ2v) is 6.88. The van der Waals surface area contributed by atoms with Gasteiger partial charge in [0.1, 0.15) is 0 Å². The minimum absolute atomic E-state index is 0.0347. The number of carbonyl (C=O) groups is 1. The number of sulfonamides is 1. The molecule has 0 bridgehead atoms. The molecule has 1 amide bonds. The number of amides is 1. The Morgan fingerprint density at radius 2 is 2.12 bits per heavy atom. The maximum absolute atomic E-state index is 11.8. The van der Waals surface area contributed by atoms with Crippen LogP contribution in [0.2, 0.25) is 0 Å². The lowest BCUT2D eigenvalue weighted by Crippen LogP contribution is -2.34. The van der Waals surface area contributed by atoms with Crippen molar-refractivity contribution in [1.82, 2.24) is 4.31 Å². The van der Waals surface area contributed by atoms with E-state index in [1.807, 2.05) is 13.8 Å². The van der Waals surface area contributed by atoms with E-state index in [1.54, 1.807) is 0 Å². The summed E-state index contributed by atoms with van der Waals surface area (Å²) in [5.41, 5.74) is 0. The molecule has 1 atom stereocenters. The monoisotopic (exact) mass is 267 g/mol. The first kappa shape index (κ1) is 13.8. The van der Waals surface area contributed by atoms with Gasteiger partial charge in [0.05, 0.1) is 5.75 Å². The van der Waals surface area contributed by atoms with Crippen LogP contribution in [0, 0.1) is 11.8 Å². The Bertz CT molecular complexity index is 353. The topological polar surface area (TPSA) is 54.5 Å². The van der Waals surface area contributed by atoms with Gasteiger partial charge in [0.2, 0.25) is 15.9 Å². The first-order valence-corrected chi connectivity index (χ1v) is 7.62. The van der Waals surface area contributed by atoms with Gasteiger partial charge in [-0.25, -0.2) is 12.7 Å². The molecule has 1 unspecified atom stereocenters. The second kappa shape index (κ2) is 5.36. The third-order valence-corrected chi connectivity index (χ3v) is 5.03. The van der Waals surface area contributed by atoms with E-state index >= 15 is 0 Å². The maximum Gasteiger partial charge on any atom is 0.237 e.